The van der Waals surface area contributed by atoms with Crippen molar-refractivity contribution in [3.8, 4) is 0 Å². The molecule has 1 amide bonds. The average Bonchev–Trinajstić information content (AvgIpc) is 2.67. The Morgan fingerprint density at radius 1 is 1.18 bits per heavy atom. The third-order valence-electron chi connectivity index (χ3n) is 5.80. The maximum Gasteiger partial charge on any atom is 0.280 e. The third kappa shape index (κ3) is 3.46. The molecule has 4 rings (SSSR count). The summed E-state index contributed by atoms with van der Waals surface area (Å²) in [6.45, 7) is 1.30. The van der Waals surface area contributed by atoms with Crippen molar-refractivity contribution in [1.82, 2.24) is 0 Å². The van der Waals surface area contributed by atoms with Gasteiger partial charge in [-0.3, -0.25) is 9.69 Å². The van der Waals surface area contributed by atoms with Gasteiger partial charge in [-0.1, -0.05) is 27.5 Å². The first kappa shape index (κ1) is 19.5. The molecule has 1 spiro atoms. The van der Waals surface area contributed by atoms with Crippen molar-refractivity contribution in [2.75, 3.05) is 22.9 Å². The van der Waals surface area contributed by atoms with Gasteiger partial charge in [0.15, 0.2) is 0 Å². The standard InChI is InChI=1S/C20H20BrClFN3O2/c21-14-5-9-25(28)18(12-14)24-10-7-20(8-11-24)6-1-2-19(27)26(20)15-3-4-16(22)17(23)13-15/h3-5,9,12-13H,1-2,6-8,10-11H2. The number of amides is 1. The van der Waals surface area contributed by atoms with Gasteiger partial charge in [0, 0.05) is 35.5 Å². The fourth-order valence-corrected chi connectivity index (χ4v) is 4.85. The van der Waals surface area contributed by atoms with E-state index in [9.17, 15) is 14.4 Å². The van der Waals surface area contributed by atoms with Crippen LogP contribution in [0.25, 0.3) is 0 Å². The van der Waals surface area contributed by atoms with Crippen LogP contribution < -0.4 is 14.5 Å². The molecular formula is C20H20BrClFN3O2. The summed E-state index contributed by atoms with van der Waals surface area (Å²) in [6, 6.07) is 8.07. The topological polar surface area (TPSA) is 50.5 Å². The highest BCUT2D eigenvalue weighted by Gasteiger charge is 2.47. The molecule has 2 aromatic rings. The third-order valence-corrected chi connectivity index (χ3v) is 6.60. The highest BCUT2D eigenvalue weighted by Crippen LogP contribution is 2.42. The predicted molar refractivity (Wildman–Crippen MR) is 110 cm³/mol. The summed E-state index contributed by atoms with van der Waals surface area (Å²) in [5, 5.41) is 12.2. The van der Waals surface area contributed by atoms with E-state index < -0.39 is 5.82 Å². The number of hydrogen-bond acceptors (Lipinski definition) is 3. The highest BCUT2D eigenvalue weighted by atomic mass is 79.9. The number of anilines is 2. The second-order valence-corrected chi connectivity index (χ2v) is 8.74. The van der Waals surface area contributed by atoms with Gasteiger partial charge in [0.2, 0.25) is 5.91 Å². The van der Waals surface area contributed by atoms with Gasteiger partial charge in [0.1, 0.15) is 5.82 Å². The van der Waals surface area contributed by atoms with Crippen molar-refractivity contribution in [3.63, 3.8) is 0 Å². The van der Waals surface area contributed by atoms with Crippen LogP contribution in [0.1, 0.15) is 32.1 Å². The van der Waals surface area contributed by atoms with Gasteiger partial charge in [0.25, 0.3) is 5.82 Å². The van der Waals surface area contributed by atoms with Gasteiger partial charge in [-0.15, -0.1) is 0 Å². The number of piperidine rings is 2. The number of carbonyl (C=O) groups is 1. The van der Waals surface area contributed by atoms with E-state index in [1.165, 1.54) is 18.3 Å². The van der Waals surface area contributed by atoms with Gasteiger partial charge >= 0.3 is 0 Å². The summed E-state index contributed by atoms with van der Waals surface area (Å²) in [4.78, 5) is 16.6. The molecule has 0 aliphatic carbocycles. The van der Waals surface area contributed by atoms with Crippen molar-refractivity contribution in [3.05, 3.63) is 57.0 Å². The number of benzene rings is 1. The number of nitrogens with zero attached hydrogens (tertiary/aromatic N) is 3. The molecule has 5 nitrogen and oxygen atoms in total. The lowest BCUT2D eigenvalue weighted by Crippen LogP contribution is -2.60. The fraction of sp³-hybridized carbons (Fsp3) is 0.400. The average molecular weight is 469 g/mol. The van der Waals surface area contributed by atoms with Gasteiger partial charge in [0.05, 0.1) is 29.8 Å². The molecule has 2 fully saturated rings. The highest BCUT2D eigenvalue weighted by molar-refractivity contribution is 9.10. The zero-order valence-electron chi connectivity index (χ0n) is 15.2. The molecule has 148 valence electrons. The smallest absolute Gasteiger partial charge is 0.280 e. The van der Waals surface area contributed by atoms with E-state index in [0.717, 1.165) is 34.9 Å². The number of aromatic nitrogens is 1. The zero-order chi connectivity index (χ0) is 19.9. The minimum Gasteiger partial charge on any atom is -0.711 e. The minimum absolute atomic E-state index is 0.0165. The molecule has 28 heavy (non-hydrogen) atoms. The van der Waals surface area contributed by atoms with Crippen molar-refractivity contribution < 1.29 is 13.9 Å². The van der Waals surface area contributed by atoms with Crippen LogP contribution in [0.15, 0.2) is 41.0 Å². The zero-order valence-corrected chi connectivity index (χ0v) is 17.5. The Kier molecular flexibility index (Phi) is 5.22. The van der Waals surface area contributed by atoms with E-state index in [4.69, 9.17) is 11.6 Å². The Morgan fingerprint density at radius 2 is 1.93 bits per heavy atom. The largest absolute Gasteiger partial charge is 0.711 e. The molecule has 1 aromatic heterocycles. The SMILES string of the molecule is O=C1CCCC2(CCN(c3cc(Br)cc[n+]3[O-])CC2)N1c1ccc(Cl)c(F)c1. The van der Waals surface area contributed by atoms with Crippen LogP contribution in [0.5, 0.6) is 0 Å². The Bertz CT molecular complexity index is 918. The Labute approximate surface area is 176 Å². The normalized spacial score (nSPS) is 19.3. The van der Waals surface area contributed by atoms with Gasteiger partial charge in [-0.2, -0.15) is 0 Å². The summed E-state index contributed by atoms with van der Waals surface area (Å²) in [6.07, 6.45) is 5.07. The number of hydrogen-bond donors (Lipinski definition) is 0. The molecule has 0 radical (unpaired) electrons. The number of rotatable bonds is 2. The van der Waals surface area contributed by atoms with Crippen molar-refractivity contribution in [2.24, 2.45) is 0 Å². The van der Waals surface area contributed by atoms with E-state index in [1.54, 1.807) is 17.0 Å². The van der Waals surface area contributed by atoms with E-state index >= 15 is 0 Å². The maximum absolute atomic E-state index is 14.1. The monoisotopic (exact) mass is 467 g/mol. The number of carbonyl (C=O) groups excluding carboxylic acids is 1. The minimum atomic E-state index is -0.522. The lowest BCUT2D eigenvalue weighted by atomic mass is 9.78. The molecule has 0 saturated carbocycles. The van der Waals surface area contributed by atoms with E-state index in [0.29, 0.717) is 31.0 Å². The molecule has 0 unspecified atom stereocenters. The molecule has 3 heterocycles. The van der Waals surface area contributed by atoms with Crippen molar-refractivity contribution >= 4 is 44.9 Å². The van der Waals surface area contributed by atoms with E-state index in [1.807, 2.05) is 11.0 Å². The van der Waals surface area contributed by atoms with Crippen LogP contribution in [0.3, 0.4) is 0 Å². The van der Waals surface area contributed by atoms with E-state index in [2.05, 4.69) is 15.9 Å². The summed E-state index contributed by atoms with van der Waals surface area (Å²) in [5.41, 5.74) is 0.202. The molecule has 0 N–H and O–H groups in total. The summed E-state index contributed by atoms with van der Waals surface area (Å²) < 4.78 is 15.8. The molecule has 0 atom stereocenters. The van der Waals surface area contributed by atoms with E-state index in [-0.39, 0.29) is 16.5 Å². The molecular weight excluding hydrogens is 449 g/mol. The Morgan fingerprint density at radius 3 is 2.64 bits per heavy atom. The van der Waals surface area contributed by atoms with Gasteiger partial charge < -0.3 is 10.1 Å². The maximum atomic E-state index is 14.1. The molecule has 1 aromatic carbocycles. The van der Waals surface area contributed by atoms with Crippen LogP contribution in [-0.2, 0) is 4.79 Å². The summed E-state index contributed by atoms with van der Waals surface area (Å²) >= 11 is 9.24. The van der Waals surface area contributed by atoms with Crippen LogP contribution in [0.4, 0.5) is 15.9 Å². The fourth-order valence-electron chi connectivity index (χ4n) is 4.41. The number of pyridine rings is 1. The van der Waals surface area contributed by atoms with Crippen molar-refractivity contribution in [1.29, 1.82) is 0 Å². The quantitative estimate of drug-likeness (QED) is 0.484. The van der Waals surface area contributed by atoms with Crippen LogP contribution in [0, 0.1) is 11.0 Å². The summed E-state index contributed by atoms with van der Waals surface area (Å²) in [7, 11) is 0. The van der Waals surface area contributed by atoms with Crippen LogP contribution in [-0.4, -0.2) is 24.5 Å². The second-order valence-electron chi connectivity index (χ2n) is 7.42. The molecule has 0 bridgehead atoms. The van der Waals surface area contributed by atoms with Crippen LogP contribution >= 0.6 is 27.5 Å². The second kappa shape index (κ2) is 7.52. The molecule has 2 saturated heterocycles. The Hall–Kier alpha value is -1.86. The lowest BCUT2D eigenvalue weighted by Gasteiger charge is -2.50. The molecule has 2 aliphatic heterocycles. The number of halogens is 3. The van der Waals surface area contributed by atoms with Gasteiger partial charge in [-0.05, 0) is 37.1 Å². The van der Waals surface area contributed by atoms with Crippen molar-refractivity contribution in [2.45, 2.75) is 37.6 Å². The summed E-state index contributed by atoms with van der Waals surface area (Å²) in [5.74, 6) is 0.0878. The van der Waals surface area contributed by atoms with Crippen LogP contribution in [0.2, 0.25) is 5.02 Å². The Balaban J connectivity index is 1.62. The first-order chi connectivity index (χ1) is 13.4. The predicted octanol–water partition coefficient (Wildman–Crippen LogP) is 4.43. The first-order valence-electron chi connectivity index (χ1n) is 9.31. The molecule has 2 aliphatic rings. The first-order valence-corrected chi connectivity index (χ1v) is 10.5. The lowest BCUT2D eigenvalue weighted by molar-refractivity contribution is -0.592. The molecule has 8 heteroatoms. The van der Waals surface area contributed by atoms with Gasteiger partial charge in [-0.25, -0.2) is 9.12 Å².